The Bertz CT molecular complexity index is 233. The van der Waals surface area contributed by atoms with E-state index in [0.29, 0.717) is 6.54 Å². The molecule has 0 aromatic rings. The summed E-state index contributed by atoms with van der Waals surface area (Å²) in [5.74, 6) is 0. The molecule has 0 aliphatic rings. The smallest absolute Gasteiger partial charge is 0.410 e. The molecule has 0 fully saturated rings. The fourth-order valence-corrected chi connectivity index (χ4v) is 1.61. The van der Waals surface area contributed by atoms with E-state index in [9.17, 15) is 9.90 Å². The maximum atomic E-state index is 12.0. The van der Waals surface area contributed by atoms with Crippen LogP contribution in [0.3, 0.4) is 0 Å². The zero-order valence-electron chi connectivity index (χ0n) is 12.0. The summed E-state index contributed by atoms with van der Waals surface area (Å²) in [6.07, 6.45) is 1.02. The number of aliphatic hydroxyl groups excluding tert-OH is 1. The molecule has 0 spiro atoms. The van der Waals surface area contributed by atoms with Crippen LogP contribution < -0.4 is 0 Å². The molecular weight excluding hydrogens is 218 g/mol. The molecule has 0 rings (SSSR count). The highest BCUT2D eigenvalue weighted by atomic mass is 16.6. The van der Waals surface area contributed by atoms with Gasteiger partial charge in [-0.05, 0) is 41.0 Å². The quantitative estimate of drug-likeness (QED) is 0.810. The molecule has 0 saturated carbocycles. The van der Waals surface area contributed by atoms with Crippen LogP contribution in [0, 0.1) is 0 Å². The van der Waals surface area contributed by atoms with Crippen LogP contribution in [0.2, 0.25) is 0 Å². The van der Waals surface area contributed by atoms with E-state index in [4.69, 9.17) is 4.74 Å². The number of hydrogen-bond donors (Lipinski definition) is 1. The SMILES string of the molecule is CCCC(C)N(CC(C)O)C(=O)OC(C)(C)C. The average molecular weight is 245 g/mol. The molecule has 0 aliphatic heterocycles. The van der Waals surface area contributed by atoms with E-state index in [2.05, 4.69) is 6.92 Å². The van der Waals surface area contributed by atoms with Crippen LogP contribution >= 0.6 is 0 Å². The van der Waals surface area contributed by atoms with Crippen molar-refractivity contribution in [2.75, 3.05) is 6.54 Å². The summed E-state index contributed by atoms with van der Waals surface area (Å²) in [5, 5.41) is 9.44. The van der Waals surface area contributed by atoms with Crippen molar-refractivity contribution >= 4 is 6.09 Å². The van der Waals surface area contributed by atoms with Gasteiger partial charge in [0.25, 0.3) is 0 Å². The summed E-state index contributed by atoms with van der Waals surface area (Å²) in [6, 6.07) is 0.0875. The van der Waals surface area contributed by atoms with Gasteiger partial charge in [-0.2, -0.15) is 0 Å². The molecule has 0 radical (unpaired) electrons. The molecule has 0 aromatic heterocycles. The lowest BCUT2D eigenvalue weighted by molar-refractivity contribution is 0.00652. The third-order valence-electron chi connectivity index (χ3n) is 2.33. The van der Waals surface area contributed by atoms with E-state index in [1.54, 1.807) is 11.8 Å². The Labute approximate surface area is 105 Å². The van der Waals surface area contributed by atoms with Gasteiger partial charge in [0.05, 0.1) is 6.10 Å². The number of nitrogens with zero attached hydrogens (tertiary/aromatic N) is 1. The van der Waals surface area contributed by atoms with E-state index in [1.807, 2.05) is 27.7 Å². The third-order valence-corrected chi connectivity index (χ3v) is 2.33. The molecule has 2 unspecified atom stereocenters. The number of hydrogen-bond acceptors (Lipinski definition) is 3. The van der Waals surface area contributed by atoms with Gasteiger partial charge in [-0.1, -0.05) is 13.3 Å². The lowest BCUT2D eigenvalue weighted by Gasteiger charge is -2.32. The van der Waals surface area contributed by atoms with Gasteiger partial charge >= 0.3 is 6.09 Å². The van der Waals surface area contributed by atoms with Gasteiger partial charge < -0.3 is 14.7 Å². The first-order chi connectivity index (χ1) is 7.67. The highest BCUT2D eigenvalue weighted by Gasteiger charge is 2.26. The van der Waals surface area contributed by atoms with Crippen molar-refractivity contribution in [3.8, 4) is 0 Å². The van der Waals surface area contributed by atoms with Crippen LogP contribution in [0.1, 0.15) is 54.4 Å². The Balaban J connectivity index is 4.61. The topological polar surface area (TPSA) is 49.8 Å². The van der Waals surface area contributed by atoms with Gasteiger partial charge in [-0.15, -0.1) is 0 Å². The summed E-state index contributed by atoms with van der Waals surface area (Å²) >= 11 is 0. The standard InChI is InChI=1S/C13H27NO3/c1-7-8-10(2)14(9-11(3)15)12(16)17-13(4,5)6/h10-11,15H,7-9H2,1-6H3. The third kappa shape index (κ3) is 7.21. The van der Waals surface area contributed by atoms with Gasteiger partial charge in [0, 0.05) is 12.6 Å². The first-order valence-electron chi connectivity index (χ1n) is 6.35. The molecule has 4 nitrogen and oxygen atoms in total. The van der Waals surface area contributed by atoms with Crippen molar-refractivity contribution in [2.45, 2.75) is 72.1 Å². The molecule has 0 aromatic carbocycles. The van der Waals surface area contributed by atoms with Crippen molar-refractivity contribution in [3.63, 3.8) is 0 Å². The number of amides is 1. The molecule has 0 bridgehead atoms. The lowest BCUT2D eigenvalue weighted by Crippen LogP contribution is -2.45. The van der Waals surface area contributed by atoms with Crippen molar-refractivity contribution in [2.24, 2.45) is 0 Å². The average Bonchev–Trinajstić information content (AvgIpc) is 2.11. The Morgan fingerprint density at radius 2 is 1.88 bits per heavy atom. The van der Waals surface area contributed by atoms with Crippen LogP contribution in [0.5, 0.6) is 0 Å². The second-order valence-electron chi connectivity index (χ2n) is 5.62. The van der Waals surface area contributed by atoms with Gasteiger partial charge in [0.2, 0.25) is 0 Å². The van der Waals surface area contributed by atoms with E-state index >= 15 is 0 Å². The highest BCUT2D eigenvalue weighted by Crippen LogP contribution is 2.14. The largest absolute Gasteiger partial charge is 0.444 e. The van der Waals surface area contributed by atoms with Gasteiger partial charge in [-0.25, -0.2) is 4.79 Å². The number of aliphatic hydroxyl groups is 1. The molecule has 0 heterocycles. The lowest BCUT2D eigenvalue weighted by atomic mass is 10.1. The number of ether oxygens (including phenoxy) is 1. The van der Waals surface area contributed by atoms with Gasteiger partial charge in [0.1, 0.15) is 5.60 Å². The molecule has 2 atom stereocenters. The summed E-state index contributed by atoms with van der Waals surface area (Å²) in [5.41, 5.74) is -0.500. The molecule has 102 valence electrons. The number of carbonyl (C=O) groups excluding carboxylic acids is 1. The van der Waals surface area contributed by atoms with Crippen molar-refractivity contribution in [3.05, 3.63) is 0 Å². The second kappa shape index (κ2) is 6.84. The predicted molar refractivity (Wildman–Crippen MR) is 69.0 cm³/mol. The monoisotopic (exact) mass is 245 g/mol. The first-order valence-corrected chi connectivity index (χ1v) is 6.35. The summed E-state index contributed by atoms with van der Waals surface area (Å²) in [4.78, 5) is 13.6. The molecule has 1 N–H and O–H groups in total. The molecular formula is C13H27NO3. The maximum absolute atomic E-state index is 12.0. The Morgan fingerprint density at radius 3 is 2.24 bits per heavy atom. The fraction of sp³-hybridized carbons (Fsp3) is 0.923. The summed E-state index contributed by atoms with van der Waals surface area (Å²) in [6.45, 7) is 11.6. The first kappa shape index (κ1) is 16.2. The number of carbonyl (C=O) groups is 1. The Hall–Kier alpha value is -0.770. The highest BCUT2D eigenvalue weighted by molar-refractivity contribution is 5.68. The number of rotatable bonds is 5. The summed E-state index contributed by atoms with van der Waals surface area (Å²) < 4.78 is 5.34. The van der Waals surface area contributed by atoms with Crippen molar-refractivity contribution in [1.29, 1.82) is 0 Å². The van der Waals surface area contributed by atoms with Crippen molar-refractivity contribution in [1.82, 2.24) is 4.90 Å². The molecule has 17 heavy (non-hydrogen) atoms. The Kier molecular flexibility index (Phi) is 6.53. The summed E-state index contributed by atoms with van der Waals surface area (Å²) in [7, 11) is 0. The van der Waals surface area contributed by atoms with Gasteiger partial charge in [0.15, 0.2) is 0 Å². The maximum Gasteiger partial charge on any atom is 0.410 e. The minimum Gasteiger partial charge on any atom is -0.444 e. The fourth-order valence-electron chi connectivity index (χ4n) is 1.61. The zero-order chi connectivity index (χ0) is 13.6. The van der Waals surface area contributed by atoms with E-state index in [0.717, 1.165) is 12.8 Å². The van der Waals surface area contributed by atoms with Gasteiger partial charge in [-0.3, -0.25) is 0 Å². The minimum atomic E-state index is -0.540. The zero-order valence-corrected chi connectivity index (χ0v) is 12.0. The van der Waals surface area contributed by atoms with Crippen LogP contribution in [0.15, 0.2) is 0 Å². The van der Waals surface area contributed by atoms with E-state index in [1.165, 1.54) is 0 Å². The van der Waals surface area contributed by atoms with Crippen molar-refractivity contribution < 1.29 is 14.6 Å². The van der Waals surface area contributed by atoms with Crippen LogP contribution in [-0.2, 0) is 4.74 Å². The normalized spacial score (nSPS) is 15.2. The van der Waals surface area contributed by atoms with E-state index < -0.39 is 11.7 Å². The molecule has 4 heteroatoms. The van der Waals surface area contributed by atoms with E-state index in [-0.39, 0.29) is 12.1 Å². The second-order valence-corrected chi connectivity index (χ2v) is 5.62. The minimum absolute atomic E-state index is 0.0875. The molecule has 0 saturated heterocycles. The molecule has 0 aliphatic carbocycles. The Morgan fingerprint density at radius 1 is 1.35 bits per heavy atom. The van der Waals surface area contributed by atoms with Crippen LogP contribution in [-0.4, -0.2) is 40.4 Å². The predicted octanol–water partition coefficient (Wildman–Crippen LogP) is 2.79. The van der Waals surface area contributed by atoms with Crippen LogP contribution in [0.25, 0.3) is 0 Å². The van der Waals surface area contributed by atoms with Crippen LogP contribution in [0.4, 0.5) is 4.79 Å². The molecule has 1 amide bonds.